The number of rotatable bonds is 11. The summed E-state index contributed by atoms with van der Waals surface area (Å²) >= 11 is 12.8. The Morgan fingerprint density at radius 1 is 0.897 bits per heavy atom. The molecule has 3 rings (SSSR count). The highest BCUT2D eigenvalue weighted by atomic mass is 35.5. The monoisotopic (exact) mass is 589 g/mol. The molecular weight excluding hydrogens is 557 g/mol. The average Bonchev–Trinajstić information content (AvgIpc) is 2.92. The van der Waals surface area contributed by atoms with Crippen LogP contribution in [0.15, 0.2) is 77.7 Å². The van der Waals surface area contributed by atoms with Gasteiger partial charge in [0.15, 0.2) is 0 Å². The quantitative estimate of drug-likeness (QED) is 0.305. The van der Waals surface area contributed by atoms with E-state index in [1.54, 1.807) is 74.5 Å². The van der Waals surface area contributed by atoms with Gasteiger partial charge < -0.3 is 10.2 Å². The zero-order chi connectivity index (χ0) is 28.7. The van der Waals surface area contributed by atoms with Gasteiger partial charge in [0.05, 0.1) is 10.6 Å². The molecule has 0 fully saturated rings. The Hall–Kier alpha value is -3.07. The van der Waals surface area contributed by atoms with Gasteiger partial charge in [0, 0.05) is 28.2 Å². The molecular formula is C29H33Cl2N3O4S. The smallest absolute Gasteiger partial charge is 0.264 e. The summed E-state index contributed by atoms with van der Waals surface area (Å²) in [7, 11) is -4.13. The number of aryl methyl sites for hydroxylation is 1. The standard InChI is InChI=1S/C29H33Cl2N3O4S/c1-5-21(3)32-29(36)22(4)33(18-24-25(30)15-11-16-26(24)31)28(35)19-34(27-17-10-9-12-20(27)2)39(37,38)23-13-7-6-8-14-23/h6-17,21-22H,5,18-19H2,1-4H3,(H,32,36)/t21-,22-/m1/s1. The van der Waals surface area contributed by atoms with Crippen LogP contribution >= 0.6 is 23.2 Å². The van der Waals surface area contributed by atoms with Crippen LogP contribution in [-0.4, -0.2) is 43.8 Å². The Morgan fingerprint density at radius 3 is 2.08 bits per heavy atom. The highest BCUT2D eigenvalue weighted by Crippen LogP contribution is 2.29. The average molecular weight is 591 g/mol. The molecule has 0 aliphatic heterocycles. The highest BCUT2D eigenvalue weighted by Gasteiger charge is 2.33. The van der Waals surface area contributed by atoms with E-state index in [4.69, 9.17) is 23.2 Å². The third kappa shape index (κ3) is 7.32. The number of anilines is 1. The summed E-state index contributed by atoms with van der Waals surface area (Å²) in [5.41, 5.74) is 1.50. The molecule has 0 aromatic heterocycles. The fourth-order valence-electron chi connectivity index (χ4n) is 3.98. The molecule has 3 aromatic rings. The number of hydrogen-bond acceptors (Lipinski definition) is 4. The molecule has 0 radical (unpaired) electrons. The van der Waals surface area contributed by atoms with E-state index >= 15 is 0 Å². The van der Waals surface area contributed by atoms with Crippen molar-refractivity contribution in [3.63, 3.8) is 0 Å². The predicted molar refractivity (Wildman–Crippen MR) is 157 cm³/mol. The molecule has 0 aliphatic carbocycles. The number of sulfonamides is 1. The minimum absolute atomic E-state index is 0.0457. The van der Waals surface area contributed by atoms with Gasteiger partial charge in [-0.2, -0.15) is 0 Å². The van der Waals surface area contributed by atoms with Crippen LogP contribution in [0, 0.1) is 6.92 Å². The number of nitrogens with zero attached hydrogens (tertiary/aromatic N) is 2. The first-order valence-electron chi connectivity index (χ1n) is 12.6. The molecule has 0 aliphatic rings. The van der Waals surface area contributed by atoms with E-state index < -0.39 is 28.5 Å². The SMILES string of the molecule is CC[C@@H](C)NC(=O)[C@@H](C)N(Cc1c(Cl)cccc1Cl)C(=O)CN(c1ccccc1C)S(=O)(=O)c1ccccc1. The zero-order valence-electron chi connectivity index (χ0n) is 22.4. The van der Waals surface area contributed by atoms with Gasteiger partial charge in [0.25, 0.3) is 10.0 Å². The number of nitrogens with one attached hydrogen (secondary N) is 1. The summed E-state index contributed by atoms with van der Waals surface area (Å²) in [6.45, 7) is 6.57. The zero-order valence-corrected chi connectivity index (χ0v) is 24.7. The summed E-state index contributed by atoms with van der Waals surface area (Å²) in [6.07, 6.45) is 0.707. The molecule has 0 saturated carbocycles. The Kier molecular flexibility index (Phi) is 10.4. The van der Waals surface area contributed by atoms with E-state index in [1.165, 1.54) is 17.0 Å². The van der Waals surface area contributed by atoms with Crippen LogP contribution in [0.25, 0.3) is 0 Å². The fourth-order valence-corrected chi connectivity index (χ4v) is 5.99. The first-order chi connectivity index (χ1) is 18.5. The number of hydrogen-bond donors (Lipinski definition) is 1. The second kappa shape index (κ2) is 13.3. The number of carbonyl (C=O) groups is 2. The molecule has 0 bridgehead atoms. The van der Waals surface area contributed by atoms with E-state index in [2.05, 4.69) is 5.32 Å². The van der Waals surface area contributed by atoms with Crippen molar-refractivity contribution in [1.82, 2.24) is 10.2 Å². The minimum atomic E-state index is -4.13. The lowest BCUT2D eigenvalue weighted by Gasteiger charge is -2.33. The maximum Gasteiger partial charge on any atom is 0.264 e. The van der Waals surface area contributed by atoms with Gasteiger partial charge in [-0.3, -0.25) is 13.9 Å². The molecule has 0 saturated heterocycles. The fraction of sp³-hybridized carbons (Fsp3) is 0.310. The van der Waals surface area contributed by atoms with E-state index in [-0.39, 0.29) is 23.4 Å². The van der Waals surface area contributed by atoms with Crippen LogP contribution in [0.2, 0.25) is 10.0 Å². The summed E-state index contributed by atoms with van der Waals surface area (Å²) in [4.78, 5) is 28.5. The van der Waals surface area contributed by atoms with Gasteiger partial charge in [-0.05, 0) is 63.1 Å². The molecule has 0 spiro atoms. The topological polar surface area (TPSA) is 86.8 Å². The van der Waals surface area contributed by atoms with Crippen LogP contribution < -0.4 is 9.62 Å². The lowest BCUT2D eigenvalue weighted by Crippen LogP contribution is -2.52. The van der Waals surface area contributed by atoms with Crippen molar-refractivity contribution in [2.24, 2.45) is 0 Å². The minimum Gasteiger partial charge on any atom is -0.352 e. The molecule has 2 atom stereocenters. The summed E-state index contributed by atoms with van der Waals surface area (Å²) < 4.78 is 28.7. The summed E-state index contributed by atoms with van der Waals surface area (Å²) in [6, 6.07) is 18.8. The molecule has 39 heavy (non-hydrogen) atoms. The molecule has 208 valence electrons. The largest absolute Gasteiger partial charge is 0.352 e. The Balaban J connectivity index is 2.07. The van der Waals surface area contributed by atoms with Crippen LogP contribution in [-0.2, 0) is 26.2 Å². The Labute approximate surface area is 240 Å². The van der Waals surface area contributed by atoms with E-state index in [1.807, 2.05) is 13.8 Å². The third-order valence-electron chi connectivity index (χ3n) is 6.55. The molecule has 2 amide bonds. The highest BCUT2D eigenvalue weighted by molar-refractivity contribution is 7.92. The second-order valence-electron chi connectivity index (χ2n) is 9.33. The van der Waals surface area contributed by atoms with Crippen molar-refractivity contribution < 1.29 is 18.0 Å². The number of benzene rings is 3. The van der Waals surface area contributed by atoms with Crippen molar-refractivity contribution in [2.75, 3.05) is 10.8 Å². The number of carbonyl (C=O) groups excluding carboxylic acids is 2. The summed E-state index contributed by atoms with van der Waals surface area (Å²) in [5, 5.41) is 3.57. The van der Waals surface area contributed by atoms with Crippen molar-refractivity contribution in [3.8, 4) is 0 Å². The van der Waals surface area contributed by atoms with Crippen LogP contribution in [0.3, 0.4) is 0 Å². The van der Waals surface area contributed by atoms with E-state index in [0.29, 0.717) is 33.3 Å². The molecule has 1 N–H and O–H groups in total. The van der Waals surface area contributed by atoms with E-state index in [9.17, 15) is 18.0 Å². The first kappa shape index (κ1) is 30.5. The van der Waals surface area contributed by atoms with Gasteiger partial charge in [-0.1, -0.05) is 72.6 Å². The van der Waals surface area contributed by atoms with Gasteiger partial charge in [0.1, 0.15) is 12.6 Å². The number of amides is 2. The van der Waals surface area contributed by atoms with Crippen molar-refractivity contribution in [3.05, 3.63) is 94.0 Å². The van der Waals surface area contributed by atoms with Gasteiger partial charge >= 0.3 is 0 Å². The predicted octanol–water partition coefficient (Wildman–Crippen LogP) is 5.83. The lowest BCUT2D eigenvalue weighted by atomic mass is 10.1. The van der Waals surface area contributed by atoms with Crippen molar-refractivity contribution in [2.45, 2.75) is 57.6 Å². The lowest BCUT2D eigenvalue weighted by molar-refractivity contribution is -0.139. The Morgan fingerprint density at radius 2 is 1.49 bits per heavy atom. The van der Waals surface area contributed by atoms with Crippen molar-refractivity contribution in [1.29, 1.82) is 0 Å². The normalized spacial score (nSPS) is 12.9. The van der Waals surface area contributed by atoms with Gasteiger partial charge in [-0.25, -0.2) is 8.42 Å². The van der Waals surface area contributed by atoms with Gasteiger partial charge in [-0.15, -0.1) is 0 Å². The Bertz CT molecular complexity index is 1400. The number of halogens is 2. The molecule has 7 nitrogen and oxygen atoms in total. The van der Waals surface area contributed by atoms with E-state index in [0.717, 1.165) is 4.31 Å². The molecule has 0 heterocycles. The van der Waals surface area contributed by atoms with Crippen LogP contribution in [0.5, 0.6) is 0 Å². The van der Waals surface area contributed by atoms with Crippen LogP contribution in [0.4, 0.5) is 5.69 Å². The maximum absolute atomic E-state index is 14.0. The molecule has 0 unspecified atom stereocenters. The maximum atomic E-state index is 14.0. The van der Waals surface area contributed by atoms with Crippen LogP contribution in [0.1, 0.15) is 38.3 Å². The first-order valence-corrected chi connectivity index (χ1v) is 14.8. The third-order valence-corrected chi connectivity index (χ3v) is 9.03. The molecule has 3 aromatic carbocycles. The summed E-state index contributed by atoms with van der Waals surface area (Å²) in [5.74, 6) is -0.949. The second-order valence-corrected chi connectivity index (χ2v) is 12.0. The number of para-hydroxylation sites is 1. The van der Waals surface area contributed by atoms with Crippen molar-refractivity contribution >= 4 is 50.7 Å². The van der Waals surface area contributed by atoms with Gasteiger partial charge in [0.2, 0.25) is 11.8 Å². The molecule has 10 heteroatoms.